The molecule has 1 aliphatic rings. The fraction of sp³-hybridized carbons (Fsp3) is 0.429. The molecule has 25 heavy (non-hydrogen) atoms. The zero-order valence-electron chi connectivity index (χ0n) is 15.2. The second-order valence-electron chi connectivity index (χ2n) is 7.15. The van der Waals surface area contributed by atoms with Crippen LogP contribution < -0.4 is 0 Å². The molecule has 4 rings (SSSR count). The van der Waals surface area contributed by atoms with Gasteiger partial charge in [-0.25, -0.2) is 9.97 Å². The monoisotopic (exact) mass is 351 g/mol. The number of pyridine rings is 1. The van der Waals surface area contributed by atoms with Crippen molar-refractivity contribution in [1.29, 1.82) is 0 Å². The summed E-state index contributed by atoms with van der Waals surface area (Å²) in [7, 11) is 0. The van der Waals surface area contributed by atoms with Crippen LogP contribution in [0.25, 0.3) is 21.5 Å². The standard InChI is InChI=1S/C21H25N3S/c1-14-5-4-11-24(14)12-10-17-6-8-19-18(13-17)7-9-20(23-19)21-15(2)22-16(3)25-21/h6-9,13-14H,4-5,10-12H2,1-3H3/t14-/m0/s1. The molecule has 0 radical (unpaired) electrons. The molecule has 0 bridgehead atoms. The van der Waals surface area contributed by atoms with Crippen LogP contribution >= 0.6 is 11.3 Å². The van der Waals surface area contributed by atoms with E-state index in [-0.39, 0.29) is 0 Å². The van der Waals surface area contributed by atoms with Gasteiger partial charge in [0.15, 0.2) is 0 Å². The minimum absolute atomic E-state index is 0.746. The predicted octanol–water partition coefficient (Wildman–Crippen LogP) is 5.00. The fourth-order valence-corrected chi connectivity index (χ4v) is 4.71. The minimum Gasteiger partial charge on any atom is -0.300 e. The molecule has 0 unspecified atom stereocenters. The van der Waals surface area contributed by atoms with E-state index in [0.717, 1.165) is 40.9 Å². The van der Waals surface area contributed by atoms with Crippen LogP contribution in [0.15, 0.2) is 30.3 Å². The van der Waals surface area contributed by atoms with E-state index < -0.39 is 0 Å². The Hall–Kier alpha value is -1.78. The lowest BCUT2D eigenvalue weighted by Gasteiger charge is -2.20. The largest absolute Gasteiger partial charge is 0.300 e. The Balaban J connectivity index is 1.55. The number of fused-ring (bicyclic) bond motifs is 1. The third-order valence-corrected chi connectivity index (χ3v) is 6.36. The van der Waals surface area contributed by atoms with E-state index in [1.807, 2.05) is 0 Å². The maximum atomic E-state index is 4.87. The number of aryl methyl sites for hydroxylation is 2. The molecule has 3 heterocycles. The second-order valence-corrected chi connectivity index (χ2v) is 8.35. The van der Waals surface area contributed by atoms with Crippen molar-refractivity contribution in [2.45, 2.75) is 46.1 Å². The van der Waals surface area contributed by atoms with Crippen molar-refractivity contribution in [2.24, 2.45) is 0 Å². The molecule has 0 amide bonds. The summed E-state index contributed by atoms with van der Waals surface area (Å²) in [6, 6.07) is 11.8. The summed E-state index contributed by atoms with van der Waals surface area (Å²) in [4.78, 5) is 13.2. The number of likely N-dealkylation sites (tertiary alicyclic amines) is 1. The molecule has 0 N–H and O–H groups in total. The lowest BCUT2D eigenvalue weighted by Crippen LogP contribution is -2.28. The number of hydrogen-bond donors (Lipinski definition) is 0. The van der Waals surface area contributed by atoms with E-state index in [4.69, 9.17) is 4.98 Å². The average molecular weight is 352 g/mol. The normalized spacial score (nSPS) is 18.3. The van der Waals surface area contributed by atoms with E-state index in [1.54, 1.807) is 11.3 Å². The van der Waals surface area contributed by atoms with E-state index in [9.17, 15) is 0 Å². The highest BCUT2D eigenvalue weighted by Gasteiger charge is 2.19. The zero-order valence-corrected chi connectivity index (χ0v) is 16.1. The van der Waals surface area contributed by atoms with Gasteiger partial charge in [-0.1, -0.05) is 12.1 Å². The van der Waals surface area contributed by atoms with Crippen molar-refractivity contribution in [1.82, 2.24) is 14.9 Å². The first-order chi connectivity index (χ1) is 12.1. The topological polar surface area (TPSA) is 29.0 Å². The number of rotatable bonds is 4. The Morgan fingerprint density at radius 2 is 2.04 bits per heavy atom. The van der Waals surface area contributed by atoms with Crippen LogP contribution in [0.5, 0.6) is 0 Å². The molecule has 1 atom stereocenters. The van der Waals surface area contributed by atoms with E-state index in [0.29, 0.717) is 0 Å². The highest BCUT2D eigenvalue weighted by atomic mass is 32.1. The maximum Gasteiger partial charge on any atom is 0.0904 e. The smallest absolute Gasteiger partial charge is 0.0904 e. The van der Waals surface area contributed by atoms with E-state index >= 15 is 0 Å². The van der Waals surface area contributed by atoms with Crippen LogP contribution in [-0.4, -0.2) is 34.0 Å². The van der Waals surface area contributed by atoms with Crippen LogP contribution in [0.4, 0.5) is 0 Å². The number of aromatic nitrogens is 2. The molecule has 3 aromatic rings. The molecule has 2 aromatic heterocycles. The van der Waals surface area contributed by atoms with Gasteiger partial charge in [0.1, 0.15) is 0 Å². The lowest BCUT2D eigenvalue weighted by atomic mass is 10.1. The van der Waals surface area contributed by atoms with Crippen LogP contribution in [0, 0.1) is 13.8 Å². The van der Waals surface area contributed by atoms with Crippen molar-refractivity contribution >= 4 is 22.2 Å². The van der Waals surface area contributed by atoms with E-state index in [2.05, 4.69) is 61.0 Å². The van der Waals surface area contributed by atoms with Gasteiger partial charge >= 0.3 is 0 Å². The first kappa shape index (κ1) is 16.7. The fourth-order valence-electron chi connectivity index (χ4n) is 3.82. The molecule has 1 aliphatic heterocycles. The highest BCUT2D eigenvalue weighted by Crippen LogP contribution is 2.29. The van der Waals surface area contributed by atoms with E-state index in [1.165, 1.54) is 35.2 Å². The molecule has 130 valence electrons. The van der Waals surface area contributed by atoms with Gasteiger partial charge in [-0.15, -0.1) is 11.3 Å². The molecule has 0 saturated carbocycles. The summed E-state index contributed by atoms with van der Waals surface area (Å²) in [6.07, 6.45) is 3.82. The van der Waals surface area contributed by atoms with Gasteiger partial charge in [0, 0.05) is 18.0 Å². The molecule has 0 spiro atoms. The zero-order chi connectivity index (χ0) is 17.4. The third-order valence-electron chi connectivity index (χ3n) is 5.27. The van der Waals surface area contributed by atoms with Crippen molar-refractivity contribution in [2.75, 3.05) is 13.1 Å². The Kier molecular flexibility index (Phi) is 4.57. The SMILES string of the molecule is Cc1nc(C)c(-c2ccc3cc(CCN4CCC[C@@H]4C)ccc3n2)s1. The molecular weight excluding hydrogens is 326 g/mol. The molecular formula is C21H25N3S. The van der Waals surface area contributed by atoms with Crippen molar-refractivity contribution in [3.05, 3.63) is 46.6 Å². The van der Waals surface area contributed by atoms with Gasteiger partial charge in [-0.3, -0.25) is 0 Å². The highest BCUT2D eigenvalue weighted by molar-refractivity contribution is 7.15. The minimum atomic E-state index is 0.746. The number of nitrogens with zero attached hydrogens (tertiary/aromatic N) is 3. The number of thiazole rings is 1. The van der Waals surface area contributed by atoms with Crippen molar-refractivity contribution < 1.29 is 0 Å². The molecule has 1 aromatic carbocycles. The quantitative estimate of drug-likeness (QED) is 0.662. The lowest BCUT2D eigenvalue weighted by molar-refractivity contribution is 0.272. The van der Waals surface area contributed by atoms with Gasteiger partial charge < -0.3 is 4.90 Å². The van der Waals surface area contributed by atoms with Crippen LogP contribution in [0.2, 0.25) is 0 Å². The number of benzene rings is 1. The molecule has 0 aliphatic carbocycles. The van der Waals surface area contributed by atoms with Crippen LogP contribution in [-0.2, 0) is 6.42 Å². The van der Waals surface area contributed by atoms with Crippen molar-refractivity contribution in [3.63, 3.8) is 0 Å². The first-order valence-electron chi connectivity index (χ1n) is 9.18. The Morgan fingerprint density at radius 1 is 1.16 bits per heavy atom. The molecule has 4 heteroatoms. The summed E-state index contributed by atoms with van der Waals surface area (Å²) in [5.41, 5.74) is 4.59. The predicted molar refractivity (Wildman–Crippen MR) is 106 cm³/mol. The van der Waals surface area contributed by atoms with Gasteiger partial charge in [0.2, 0.25) is 0 Å². The molecule has 1 fully saturated rings. The maximum absolute atomic E-state index is 4.87. The van der Waals surface area contributed by atoms with Gasteiger partial charge in [0.05, 0.1) is 26.8 Å². The van der Waals surface area contributed by atoms with Gasteiger partial charge in [0.25, 0.3) is 0 Å². The molecule has 3 nitrogen and oxygen atoms in total. The first-order valence-corrected chi connectivity index (χ1v) is 10.00. The third kappa shape index (κ3) is 3.46. The van der Waals surface area contributed by atoms with Gasteiger partial charge in [-0.2, -0.15) is 0 Å². The van der Waals surface area contributed by atoms with Gasteiger partial charge in [-0.05, 0) is 70.3 Å². The second kappa shape index (κ2) is 6.85. The van der Waals surface area contributed by atoms with Crippen LogP contribution in [0.1, 0.15) is 36.0 Å². The van der Waals surface area contributed by atoms with Crippen LogP contribution in [0.3, 0.4) is 0 Å². The Labute approximate surface area is 153 Å². The Bertz CT molecular complexity index is 899. The summed E-state index contributed by atoms with van der Waals surface area (Å²) >= 11 is 1.72. The Morgan fingerprint density at radius 3 is 2.76 bits per heavy atom. The van der Waals surface area contributed by atoms with Crippen molar-refractivity contribution in [3.8, 4) is 10.6 Å². The number of hydrogen-bond acceptors (Lipinski definition) is 4. The summed E-state index contributed by atoms with van der Waals surface area (Å²) in [6.45, 7) is 8.88. The molecule has 1 saturated heterocycles. The summed E-state index contributed by atoms with van der Waals surface area (Å²) in [5.74, 6) is 0. The average Bonchev–Trinajstić information content (AvgIpc) is 3.17. The summed E-state index contributed by atoms with van der Waals surface area (Å²) in [5, 5.41) is 2.33. The summed E-state index contributed by atoms with van der Waals surface area (Å²) < 4.78 is 0.